The van der Waals surface area contributed by atoms with E-state index in [1.807, 2.05) is 0 Å². The fourth-order valence-electron chi connectivity index (χ4n) is 3.50. The van der Waals surface area contributed by atoms with Crippen LogP contribution in [0.3, 0.4) is 0 Å². The van der Waals surface area contributed by atoms with Crippen LogP contribution in [0, 0.1) is 11.6 Å². The Morgan fingerprint density at radius 2 is 1.89 bits per heavy atom. The Hall–Kier alpha value is -4.03. The summed E-state index contributed by atoms with van der Waals surface area (Å²) in [6, 6.07) is 8.11. The summed E-state index contributed by atoms with van der Waals surface area (Å²) in [5, 5.41) is 15.9. The van der Waals surface area contributed by atoms with Crippen LogP contribution in [0.25, 0.3) is 10.8 Å². The van der Waals surface area contributed by atoms with Crippen molar-refractivity contribution in [2.24, 2.45) is 5.73 Å². The maximum absolute atomic E-state index is 13.7. The summed E-state index contributed by atoms with van der Waals surface area (Å²) in [7, 11) is 1.41. The molecule has 5 N–H and O–H groups in total. The molecule has 0 aliphatic rings. The Kier molecular flexibility index (Phi) is 9.15. The number of aromatic nitrogens is 1. The number of benzene rings is 2. The van der Waals surface area contributed by atoms with Crippen molar-refractivity contribution in [3.05, 3.63) is 70.9 Å². The number of anilines is 1. The molecule has 0 aliphatic heterocycles. The molecule has 2 aromatic carbocycles. The molecule has 0 radical (unpaired) electrons. The Morgan fingerprint density at radius 3 is 2.59 bits per heavy atom. The smallest absolute Gasteiger partial charge is 0.413 e. The maximum Gasteiger partial charge on any atom is 0.413 e. The Balaban J connectivity index is 1.82. The van der Waals surface area contributed by atoms with Gasteiger partial charge in [-0.3, -0.25) is 9.69 Å². The van der Waals surface area contributed by atoms with Crippen LogP contribution in [-0.2, 0) is 11.3 Å². The molecule has 1 atom stereocenters. The van der Waals surface area contributed by atoms with E-state index in [0.29, 0.717) is 16.3 Å². The first kappa shape index (κ1) is 27.6. The van der Waals surface area contributed by atoms with Crippen LogP contribution in [0.4, 0.5) is 24.2 Å². The topological polar surface area (TPSA) is 141 Å². The van der Waals surface area contributed by atoms with Gasteiger partial charge in [-0.05, 0) is 41.3 Å². The third kappa shape index (κ3) is 7.02. The first-order valence-electron chi connectivity index (χ1n) is 11.1. The van der Waals surface area contributed by atoms with Crippen molar-refractivity contribution in [2.45, 2.75) is 12.6 Å². The van der Waals surface area contributed by atoms with Gasteiger partial charge < -0.3 is 26.4 Å². The van der Waals surface area contributed by atoms with Gasteiger partial charge in [0.15, 0.2) is 0 Å². The minimum absolute atomic E-state index is 0.00102. The number of likely N-dealkylation sites (N-methyl/N-ethyl adjacent to an activating group) is 1. The van der Waals surface area contributed by atoms with Crippen molar-refractivity contribution in [1.82, 2.24) is 20.5 Å². The zero-order valence-electron chi connectivity index (χ0n) is 19.7. The molecule has 0 saturated carbocycles. The van der Waals surface area contributed by atoms with E-state index in [1.54, 1.807) is 6.07 Å². The summed E-state index contributed by atoms with van der Waals surface area (Å²) < 4.78 is 27.4. The third-order valence-electron chi connectivity index (χ3n) is 5.62. The van der Waals surface area contributed by atoms with Gasteiger partial charge in [0.1, 0.15) is 17.5 Å². The van der Waals surface area contributed by atoms with Gasteiger partial charge in [0.2, 0.25) is 5.91 Å². The van der Waals surface area contributed by atoms with Crippen LogP contribution >= 0.6 is 11.6 Å². The SMILES string of the molecule is CN(C(=O)NCc1cccc(F)c1Cl)C(CNC(=O)CN)CN(C(=O)O)c1cc2cc(F)ccc2cn1. The van der Waals surface area contributed by atoms with Crippen LogP contribution in [0.2, 0.25) is 5.02 Å². The molecule has 0 saturated heterocycles. The number of nitrogens with zero attached hydrogens (tertiary/aromatic N) is 3. The summed E-state index contributed by atoms with van der Waals surface area (Å²) >= 11 is 5.94. The van der Waals surface area contributed by atoms with E-state index in [4.69, 9.17) is 17.3 Å². The Bertz CT molecular complexity index is 1310. The van der Waals surface area contributed by atoms with Crippen molar-refractivity contribution in [1.29, 1.82) is 0 Å². The highest BCUT2D eigenvalue weighted by Crippen LogP contribution is 2.22. The molecule has 3 rings (SSSR count). The molecule has 10 nitrogen and oxygen atoms in total. The predicted molar refractivity (Wildman–Crippen MR) is 134 cm³/mol. The van der Waals surface area contributed by atoms with Crippen molar-refractivity contribution in [3.8, 4) is 0 Å². The second-order valence-electron chi connectivity index (χ2n) is 8.07. The normalized spacial score (nSPS) is 11.6. The second-order valence-corrected chi connectivity index (χ2v) is 8.45. The lowest BCUT2D eigenvalue weighted by Crippen LogP contribution is -2.54. The molecule has 0 aliphatic carbocycles. The van der Waals surface area contributed by atoms with Crippen molar-refractivity contribution >= 4 is 46.2 Å². The quantitative estimate of drug-likeness (QED) is 0.333. The minimum atomic E-state index is -1.38. The number of halogens is 3. The van der Waals surface area contributed by atoms with E-state index >= 15 is 0 Å². The standard InChI is InChI=1S/C24H25ClF2N6O4/c1-32(23(35)31-11-15-3-2-4-19(27)22(15)25)18(12-30-21(34)9-28)13-33(24(36)37)20-8-16-7-17(26)6-5-14(16)10-29-20/h2-8,10,18H,9,11-13,28H2,1H3,(H,30,34)(H,31,35)(H,36,37). The van der Waals surface area contributed by atoms with E-state index < -0.39 is 35.7 Å². The molecular formula is C24H25ClF2N6O4. The summed E-state index contributed by atoms with van der Waals surface area (Å²) in [5.74, 6) is -1.64. The maximum atomic E-state index is 13.7. The van der Waals surface area contributed by atoms with Gasteiger partial charge in [-0.1, -0.05) is 23.7 Å². The number of nitrogens with one attached hydrogen (secondary N) is 2. The fourth-order valence-corrected chi connectivity index (χ4v) is 3.70. The molecule has 1 aromatic heterocycles. The number of urea groups is 1. The number of hydrogen-bond acceptors (Lipinski definition) is 5. The number of amides is 4. The van der Waals surface area contributed by atoms with Gasteiger partial charge in [0.25, 0.3) is 0 Å². The minimum Gasteiger partial charge on any atom is -0.465 e. The first-order valence-corrected chi connectivity index (χ1v) is 11.4. The molecule has 3 aromatic rings. The summed E-state index contributed by atoms with van der Waals surface area (Å²) in [6.07, 6.45) is 0.0310. The van der Waals surface area contributed by atoms with Crippen molar-refractivity contribution in [3.63, 3.8) is 0 Å². The average Bonchev–Trinajstić information content (AvgIpc) is 2.88. The summed E-state index contributed by atoms with van der Waals surface area (Å²) in [5.41, 5.74) is 5.69. The van der Waals surface area contributed by atoms with Crippen LogP contribution in [0.5, 0.6) is 0 Å². The first-order chi connectivity index (χ1) is 17.6. The predicted octanol–water partition coefficient (Wildman–Crippen LogP) is 2.94. The van der Waals surface area contributed by atoms with Gasteiger partial charge in [0.05, 0.1) is 24.2 Å². The number of carbonyl (C=O) groups is 3. The molecule has 0 spiro atoms. The molecule has 0 fully saturated rings. The largest absolute Gasteiger partial charge is 0.465 e. The molecular weight excluding hydrogens is 510 g/mol. The van der Waals surface area contributed by atoms with Crippen molar-refractivity contribution in [2.75, 3.05) is 31.6 Å². The molecule has 13 heteroatoms. The van der Waals surface area contributed by atoms with Gasteiger partial charge in [-0.2, -0.15) is 0 Å². The average molecular weight is 535 g/mol. The van der Waals surface area contributed by atoms with E-state index in [-0.39, 0.29) is 37.0 Å². The van der Waals surface area contributed by atoms with E-state index in [2.05, 4.69) is 15.6 Å². The van der Waals surface area contributed by atoms with E-state index in [1.165, 1.54) is 54.5 Å². The van der Waals surface area contributed by atoms with Gasteiger partial charge in [-0.15, -0.1) is 0 Å². The number of carboxylic acid groups (broad SMARTS) is 1. The lowest BCUT2D eigenvalue weighted by atomic mass is 10.1. The van der Waals surface area contributed by atoms with E-state index in [0.717, 1.165) is 4.90 Å². The fraction of sp³-hybridized carbons (Fsp3) is 0.250. The lowest BCUT2D eigenvalue weighted by Gasteiger charge is -2.32. The number of fused-ring (bicyclic) bond motifs is 1. The molecule has 4 amide bonds. The van der Waals surface area contributed by atoms with Crippen LogP contribution < -0.4 is 21.3 Å². The zero-order chi connectivity index (χ0) is 27.1. The number of carbonyl (C=O) groups excluding carboxylic acids is 2. The van der Waals surface area contributed by atoms with Gasteiger partial charge in [-0.25, -0.2) is 23.4 Å². The van der Waals surface area contributed by atoms with Crippen LogP contribution in [0.1, 0.15) is 5.56 Å². The number of nitrogens with two attached hydrogens (primary N) is 1. The summed E-state index contributed by atoms with van der Waals surface area (Å²) in [6.45, 7) is -0.825. The molecule has 0 bridgehead atoms. The van der Waals surface area contributed by atoms with Gasteiger partial charge in [0, 0.05) is 31.7 Å². The van der Waals surface area contributed by atoms with Crippen molar-refractivity contribution < 1.29 is 28.3 Å². The Morgan fingerprint density at radius 1 is 1.14 bits per heavy atom. The van der Waals surface area contributed by atoms with Gasteiger partial charge >= 0.3 is 12.1 Å². The Labute approximate surface area is 216 Å². The third-order valence-corrected chi connectivity index (χ3v) is 6.04. The lowest BCUT2D eigenvalue weighted by molar-refractivity contribution is -0.119. The second kappa shape index (κ2) is 12.3. The molecule has 1 heterocycles. The highest BCUT2D eigenvalue weighted by molar-refractivity contribution is 6.31. The zero-order valence-corrected chi connectivity index (χ0v) is 20.5. The number of pyridine rings is 1. The number of rotatable bonds is 9. The molecule has 1 unspecified atom stereocenters. The highest BCUT2D eigenvalue weighted by Gasteiger charge is 2.27. The molecule has 196 valence electrons. The van der Waals surface area contributed by atoms with Crippen LogP contribution in [0.15, 0.2) is 48.7 Å². The van der Waals surface area contributed by atoms with E-state index in [9.17, 15) is 28.3 Å². The van der Waals surface area contributed by atoms with Crippen LogP contribution in [-0.4, -0.2) is 65.7 Å². The number of hydrogen-bond donors (Lipinski definition) is 4. The highest BCUT2D eigenvalue weighted by atomic mass is 35.5. The summed E-state index contributed by atoms with van der Waals surface area (Å²) in [4.78, 5) is 43.0. The molecule has 37 heavy (non-hydrogen) atoms. The monoisotopic (exact) mass is 534 g/mol.